The Morgan fingerprint density at radius 2 is 2.31 bits per heavy atom. The molecule has 16 heavy (non-hydrogen) atoms. The smallest absolute Gasteiger partial charge is 0.0822 e. The predicted octanol–water partition coefficient (Wildman–Crippen LogP) is 4.58. The standard InChI is InChI=1S/C14H16IN/c1-9(2)13-12-6-4-5-11(12)8-7-10(3)14(15)16-13/h4-5,8,10H,1,6-7H2,2-3H3/b11-8+,13-12-,16-14+. The van der Waals surface area contributed by atoms with Crippen LogP contribution in [0.1, 0.15) is 26.7 Å². The highest BCUT2D eigenvalue weighted by Crippen LogP contribution is 2.33. The second-order valence-electron chi connectivity index (χ2n) is 4.44. The monoisotopic (exact) mass is 325 g/mol. The molecule has 0 bridgehead atoms. The quantitative estimate of drug-likeness (QED) is 0.626. The second kappa shape index (κ2) is 4.70. The van der Waals surface area contributed by atoms with Gasteiger partial charge in [-0.05, 0) is 59.1 Å². The van der Waals surface area contributed by atoms with Crippen LogP contribution in [0.2, 0.25) is 0 Å². The first kappa shape index (κ1) is 11.8. The van der Waals surface area contributed by atoms with Gasteiger partial charge in [0.15, 0.2) is 0 Å². The van der Waals surface area contributed by atoms with E-state index in [-0.39, 0.29) is 0 Å². The Labute approximate surface area is 111 Å². The Hall–Kier alpha value is -0.640. The Kier molecular flexibility index (Phi) is 3.47. The largest absolute Gasteiger partial charge is 0.246 e. The third-order valence-electron chi connectivity index (χ3n) is 2.97. The van der Waals surface area contributed by atoms with E-state index in [4.69, 9.17) is 4.99 Å². The number of aliphatic imine (C=N–C) groups is 1. The van der Waals surface area contributed by atoms with Crippen LogP contribution in [0, 0.1) is 5.92 Å². The van der Waals surface area contributed by atoms with Gasteiger partial charge in [-0.25, -0.2) is 4.99 Å². The van der Waals surface area contributed by atoms with Crippen molar-refractivity contribution < 1.29 is 0 Å². The number of hydrogen-bond donors (Lipinski definition) is 0. The minimum atomic E-state index is 0.512. The van der Waals surface area contributed by atoms with Crippen molar-refractivity contribution in [3.63, 3.8) is 0 Å². The molecule has 0 aromatic rings. The van der Waals surface area contributed by atoms with Crippen LogP contribution in [-0.2, 0) is 0 Å². The molecule has 0 amide bonds. The molecule has 0 aromatic carbocycles. The van der Waals surface area contributed by atoms with Crippen molar-refractivity contribution in [2.24, 2.45) is 10.9 Å². The molecule has 1 heterocycles. The van der Waals surface area contributed by atoms with Crippen molar-refractivity contribution >= 4 is 26.3 Å². The summed E-state index contributed by atoms with van der Waals surface area (Å²) in [5, 5.41) is 0. The van der Waals surface area contributed by atoms with E-state index in [1.54, 1.807) is 0 Å². The number of halogens is 1. The fraction of sp³-hybridized carbons (Fsp3) is 0.357. The van der Waals surface area contributed by atoms with Crippen LogP contribution in [0.4, 0.5) is 0 Å². The summed E-state index contributed by atoms with van der Waals surface area (Å²) in [5.74, 6) is 0.512. The first-order chi connectivity index (χ1) is 7.59. The van der Waals surface area contributed by atoms with Crippen LogP contribution in [0.5, 0.6) is 0 Å². The summed E-state index contributed by atoms with van der Waals surface area (Å²) < 4.78 is 1.19. The van der Waals surface area contributed by atoms with Crippen LogP contribution >= 0.6 is 22.6 Å². The molecule has 0 aromatic heterocycles. The van der Waals surface area contributed by atoms with E-state index in [0.717, 1.165) is 24.1 Å². The lowest BCUT2D eigenvalue weighted by Crippen LogP contribution is -2.06. The fourth-order valence-corrected chi connectivity index (χ4v) is 2.48. The van der Waals surface area contributed by atoms with Gasteiger partial charge in [0.2, 0.25) is 0 Å². The van der Waals surface area contributed by atoms with Gasteiger partial charge in [0, 0.05) is 5.92 Å². The lowest BCUT2D eigenvalue weighted by molar-refractivity contribution is 0.797. The van der Waals surface area contributed by atoms with Crippen molar-refractivity contribution in [1.29, 1.82) is 0 Å². The van der Waals surface area contributed by atoms with Crippen LogP contribution in [0.3, 0.4) is 0 Å². The van der Waals surface area contributed by atoms with E-state index in [1.807, 2.05) is 6.92 Å². The summed E-state index contributed by atoms with van der Waals surface area (Å²) in [7, 11) is 0. The molecule has 0 N–H and O–H groups in total. The highest BCUT2D eigenvalue weighted by Gasteiger charge is 2.18. The van der Waals surface area contributed by atoms with Crippen molar-refractivity contribution in [3.8, 4) is 0 Å². The molecule has 2 aliphatic rings. The Morgan fingerprint density at radius 3 is 3.00 bits per heavy atom. The molecule has 84 valence electrons. The number of allylic oxidation sites excluding steroid dienone is 6. The first-order valence-electron chi connectivity index (χ1n) is 5.59. The molecule has 0 spiro atoms. The van der Waals surface area contributed by atoms with Gasteiger partial charge >= 0.3 is 0 Å². The Balaban J connectivity index is 2.56. The lowest BCUT2D eigenvalue weighted by Gasteiger charge is -2.16. The number of rotatable bonds is 1. The maximum absolute atomic E-state index is 4.76. The second-order valence-corrected chi connectivity index (χ2v) is 5.55. The molecule has 1 aliphatic carbocycles. The molecule has 1 atom stereocenters. The summed E-state index contributed by atoms with van der Waals surface area (Å²) in [6.07, 6.45) is 8.82. The van der Waals surface area contributed by atoms with Crippen molar-refractivity contribution in [2.45, 2.75) is 26.7 Å². The maximum Gasteiger partial charge on any atom is 0.0822 e. The lowest BCUT2D eigenvalue weighted by atomic mass is 9.98. The van der Waals surface area contributed by atoms with Gasteiger partial charge in [0.25, 0.3) is 0 Å². The van der Waals surface area contributed by atoms with Gasteiger partial charge in [-0.2, -0.15) is 0 Å². The minimum absolute atomic E-state index is 0.512. The van der Waals surface area contributed by atoms with E-state index in [9.17, 15) is 0 Å². The first-order valence-corrected chi connectivity index (χ1v) is 6.67. The molecular formula is C14H16IN. The van der Waals surface area contributed by atoms with E-state index < -0.39 is 0 Å². The minimum Gasteiger partial charge on any atom is -0.246 e. The van der Waals surface area contributed by atoms with Crippen LogP contribution < -0.4 is 0 Å². The van der Waals surface area contributed by atoms with Gasteiger partial charge in [-0.1, -0.05) is 31.7 Å². The SMILES string of the molecule is C=C(C)C1=C2\CC=C\C2=C/CC(C)/C(I)=N\1. The summed E-state index contributed by atoms with van der Waals surface area (Å²) in [5.41, 5.74) is 4.84. The average molecular weight is 325 g/mol. The molecule has 2 rings (SSSR count). The fourth-order valence-electron chi connectivity index (χ4n) is 1.99. The molecule has 0 saturated heterocycles. The predicted molar refractivity (Wildman–Crippen MR) is 78.9 cm³/mol. The van der Waals surface area contributed by atoms with Gasteiger partial charge in [0.05, 0.1) is 9.42 Å². The molecule has 1 aliphatic heterocycles. The molecule has 0 saturated carbocycles. The molecule has 1 nitrogen and oxygen atoms in total. The van der Waals surface area contributed by atoms with Crippen LogP contribution in [0.15, 0.2) is 52.2 Å². The molecule has 2 heteroatoms. The summed E-state index contributed by atoms with van der Waals surface area (Å²) >= 11 is 2.35. The summed E-state index contributed by atoms with van der Waals surface area (Å²) in [6, 6.07) is 0. The number of nitrogens with zero attached hydrogens (tertiary/aromatic N) is 1. The van der Waals surface area contributed by atoms with Crippen molar-refractivity contribution in [3.05, 3.63) is 47.2 Å². The normalized spacial score (nSPS) is 35.6. The zero-order valence-electron chi connectivity index (χ0n) is 9.76. The third-order valence-corrected chi connectivity index (χ3v) is 4.28. The van der Waals surface area contributed by atoms with Gasteiger partial charge in [0.1, 0.15) is 0 Å². The topological polar surface area (TPSA) is 12.4 Å². The van der Waals surface area contributed by atoms with Gasteiger partial charge in [-0.3, -0.25) is 0 Å². The van der Waals surface area contributed by atoms with Crippen LogP contribution in [-0.4, -0.2) is 3.72 Å². The maximum atomic E-state index is 4.76. The highest BCUT2D eigenvalue weighted by molar-refractivity contribution is 14.1. The summed E-state index contributed by atoms with van der Waals surface area (Å²) in [4.78, 5) is 4.76. The van der Waals surface area contributed by atoms with Crippen LogP contribution in [0.25, 0.3) is 0 Å². The van der Waals surface area contributed by atoms with Crippen molar-refractivity contribution in [2.75, 3.05) is 0 Å². The number of fused-ring (bicyclic) bond motifs is 1. The van der Waals surface area contributed by atoms with Gasteiger partial charge in [-0.15, -0.1) is 0 Å². The number of hydrogen-bond acceptors (Lipinski definition) is 1. The molecule has 0 radical (unpaired) electrons. The van der Waals surface area contributed by atoms with Gasteiger partial charge < -0.3 is 0 Å². The zero-order chi connectivity index (χ0) is 11.7. The molecular weight excluding hydrogens is 309 g/mol. The third kappa shape index (κ3) is 2.21. The van der Waals surface area contributed by atoms with E-state index in [1.165, 1.54) is 14.9 Å². The van der Waals surface area contributed by atoms with E-state index >= 15 is 0 Å². The summed E-state index contributed by atoms with van der Waals surface area (Å²) in [6.45, 7) is 8.31. The Bertz CT molecular complexity index is 449. The van der Waals surface area contributed by atoms with E-state index in [0.29, 0.717) is 5.92 Å². The molecule has 1 unspecified atom stereocenters. The van der Waals surface area contributed by atoms with Crippen molar-refractivity contribution in [1.82, 2.24) is 0 Å². The zero-order valence-corrected chi connectivity index (χ0v) is 11.9. The average Bonchev–Trinajstić information content (AvgIpc) is 2.67. The molecule has 0 fully saturated rings. The Morgan fingerprint density at radius 1 is 1.56 bits per heavy atom. The highest BCUT2D eigenvalue weighted by atomic mass is 127. The van der Waals surface area contributed by atoms with E-state index in [2.05, 4.69) is 54.3 Å².